The third kappa shape index (κ3) is 3.36. The zero-order valence-corrected chi connectivity index (χ0v) is 17.3. The van der Waals surface area contributed by atoms with E-state index in [-0.39, 0.29) is 17.7 Å². The van der Waals surface area contributed by atoms with E-state index >= 15 is 0 Å². The Morgan fingerprint density at radius 1 is 0.867 bits per heavy atom. The first-order valence-electron chi connectivity index (χ1n) is 9.37. The van der Waals surface area contributed by atoms with Crippen molar-refractivity contribution < 1.29 is 9.59 Å². The van der Waals surface area contributed by atoms with Gasteiger partial charge in [0.25, 0.3) is 11.1 Å². The van der Waals surface area contributed by atoms with Gasteiger partial charge < -0.3 is 0 Å². The van der Waals surface area contributed by atoms with Crippen LogP contribution >= 0.6 is 23.4 Å². The third-order valence-electron chi connectivity index (χ3n) is 5.03. The van der Waals surface area contributed by atoms with Crippen LogP contribution in [0.1, 0.15) is 11.1 Å². The Labute approximate surface area is 182 Å². The summed E-state index contributed by atoms with van der Waals surface area (Å²) in [6.07, 6.45) is 1.82. The Bertz CT molecular complexity index is 1290. The number of hydrogen-bond acceptors (Lipinski definition) is 4. The van der Waals surface area contributed by atoms with E-state index in [1.807, 2.05) is 66.7 Å². The lowest BCUT2D eigenvalue weighted by molar-refractivity contribution is -0.123. The number of carbonyl (C=O) groups is 2. The molecule has 1 aliphatic rings. The molecule has 0 atom stereocenters. The van der Waals surface area contributed by atoms with E-state index in [2.05, 4.69) is 0 Å². The van der Waals surface area contributed by atoms with Crippen LogP contribution < -0.4 is 0 Å². The van der Waals surface area contributed by atoms with Crippen LogP contribution in [0.15, 0.2) is 77.7 Å². The van der Waals surface area contributed by atoms with Crippen LogP contribution in [0.2, 0.25) is 5.02 Å². The summed E-state index contributed by atoms with van der Waals surface area (Å²) in [6.45, 7) is 0.219. The predicted octanol–water partition coefficient (Wildman–Crippen LogP) is 6.28. The molecule has 0 saturated carbocycles. The number of benzene rings is 3. The first-order chi connectivity index (χ1) is 14.6. The summed E-state index contributed by atoms with van der Waals surface area (Å²) < 4.78 is 0. The molecular weight excluding hydrogens is 416 g/mol. The average Bonchev–Trinajstić information content (AvgIpc) is 3.02. The minimum absolute atomic E-state index is 0.219. The molecule has 0 radical (unpaired) electrons. The smallest absolute Gasteiger partial charge is 0.268 e. The SMILES string of the molecule is O=C1S/C(=C/c2c3ccccc3nc3ccccc23)C(=O)N1Cc1ccc(Cl)cc1. The summed E-state index contributed by atoms with van der Waals surface area (Å²) in [5, 5.41) is 2.23. The van der Waals surface area contributed by atoms with Crippen LogP contribution in [-0.4, -0.2) is 21.0 Å². The number of hydrogen-bond donors (Lipinski definition) is 0. The number of para-hydroxylation sites is 2. The van der Waals surface area contributed by atoms with Crippen LogP contribution in [0, 0.1) is 0 Å². The molecule has 6 heteroatoms. The summed E-state index contributed by atoms with van der Waals surface area (Å²) in [4.78, 5) is 32.0. The molecule has 0 unspecified atom stereocenters. The molecule has 4 nitrogen and oxygen atoms in total. The number of thioether (sulfide) groups is 1. The number of imide groups is 1. The highest BCUT2D eigenvalue weighted by Crippen LogP contribution is 2.36. The van der Waals surface area contributed by atoms with Crippen LogP contribution in [0.25, 0.3) is 27.9 Å². The van der Waals surface area contributed by atoms with Crippen molar-refractivity contribution in [2.24, 2.45) is 0 Å². The number of rotatable bonds is 3. The van der Waals surface area contributed by atoms with E-state index in [0.29, 0.717) is 9.93 Å². The van der Waals surface area contributed by atoms with Crippen LogP contribution in [0.5, 0.6) is 0 Å². The second-order valence-electron chi connectivity index (χ2n) is 6.95. The van der Waals surface area contributed by atoms with Crippen molar-refractivity contribution in [3.8, 4) is 0 Å². The van der Waals surface area contributed by atoms with Crippen LogP contribution in [0.4, 0.5) is 4.79 Å². The van der Waals surface area contributed by atoms with E-state index in [4.69, 9.17) is 16.6 Å². The predicted molar refractivity (Wildman–Crippen MR) is 122 cm³/mol. The van der Waals surface area contributed by atoms with E-state index in [9.17, 15) is 9.59 Å². The maximum atomic E-state index is 13.0. The molecular formula is C24H15ClN2O2S. The lowest BCUT2D eigenvalue weighted by Crippen LogP contribution is -2.27. The van der Waals surface area contributed by atoms with Gasteiger partial charge in [0, 0.05) is 15.8 Å². The fourth-order valence-electron chi connectivity index (χ4n) is 3.57. The molecule has 1 saturated heterocycles. The number of carbonyl (C=O) groups excluding carboxylic acids is 2. The lowest BCUT2D eigenvalue weighted by Gasteiger charge is -2.12. The van der Waals surface area contributed by atoms with Crippen molar-refractivity contribution in [2.45, 2.75) is 6.54 Å². The van der Waals surface area contributed by atoms with E-state index in [1.165, 1.54) is 4.90 Å². The molecule has 0 aliphatic carbocycles. The van der Waals surface area contributed by atoms with Crippen molar-refractivity contribution in [1.82, 2.24) is 9.88 Å². The summed E-state index contributed by atoms with van der Waals surface area (Å²) in [5.41, 5.74) is 3.45. The highest BCUT2D eigenvalue weighted by molar-refractivity contribution is 8.18. The molecule has 3 aromatic carbocycles. The van der Waals surface area contributed by atoms with Gasteiger partial charge in [-0.3, -0.25) is 14.5 Å². The summed E-state index contributed by atoms with van der Waals surface area (Å²) in [7, 11) is 0. The Morgan fingerprint density at radius 2 is 1.47 bits per heavy atom. The summed E-state index contributed by atoms with van der Waals surface area (Å²) in [5.74, 6) is -0.287. The molecule has 2 heterocycles. The van der Waals surface area contributed by atoms with Gasteiger partial charge in [-0.25, -0.2) is 4.98 Å². The van der Waals surface area contributed by atoms with Gasteiger partial charge in [0.05, 0.1) is 22.5 Å². The monoisotopic (exact) mass is 430 g/mol. The number of amides is 2. The van der Waals surface area contributed by atoms with Gasteiger partial charge in [-0.1, -0.05) is 60.1 Å². The molecule has 0 spiro atoms. The van der Waals surface area contributed by atoms with Gasteiger partial charge in [0.15, 0.2) is 0 Å². The molecule has 1 aromatic heterocycles. The lowest BCUT2D eigenvalue weighted by atomic mass is 10.0. The van der Waals surface area contributed by atoms with E-state index in [0.717, 1.165) is 44.7 Å². The molecule has 5 rings (SSSR count). The highest BCUT2D eigenvalue weighted by atomic mass is 35.5. The Kier molecular flexibility index (Phi) is 4.77. The molecule has 0 bridgehead atoms. The first-order valence-corrected chi connectivity index (χ1v) is 10.6. The standard InChI is InChI=1S/C24H15ClN2O2S/c25-16-11-9-15(10-12-16)14-27-23(28)22(30-24(27)29)13-19-17-5-1-3-7-20(17)26-21-8-4-2-6-18(19)21/h1-13H,14H2/b22-13+. The average molecular weight is 431 g/mol. The summed E-state index contributed by atoms with van der Waals surface area (Å²) in [6, 6.07) is 22.8. The number of fused-ring (bicyclic) bond motifs is 2. The minimum atomic E-state index is -0.287. The molecule has 30 heavy (non-hydrogen) atoms. The Morgan fingerprint density at radius 3 is 2.10 bits per heavy atom. The maximum absolute atomic E-state index is 13.0. The number of halogens is 1. The zero-order valence-electron chi connectivity index (χ0n) is 15.7. The van der Waals surface area contributed by atoms with Crippen LogP contribution in [0.3, 0.4) is 0 Å². The topological polar surface area (TPSA) is 50.3 Å². The summed E-state index contributed by atoms with van der Waals surface area (Å²) >= 11 is 6.90. The van der Waals surface area contributed by atoms with Crippen molar-refractivity contribution >= 4 is 62.4 Å². The van der Waals surface area contributed by atoms with E-state index in [1.54, 1.807) is 12.1 Å². The minimum Gasteiger partial charge on any atom is -0.268 e. The number of pyridine rings is 1. The van der Waals surface area contributed by atoms with Crippen molar-refractivity contribution in [3.05, 3.63) is 93.9 Å². The second kappa shape index (κ2) is 7.59. The quantitative estimate of drug-likeness (QED) is 0.283. The zero-order chi connectivity index (χ0) is 20.7. The van der Waals surface area contributed by atoms with Gasteiger partial charge in [-0.15, -0.1) is 0 Å². The third-order valence-corrected chi connectivity index (χ3v) is 6.19. The van der Waals surface area contributed by atoms with Gasteiger partial charge in [0.1, 0.15) is 0 Å². The maximum Gasteiger partial charge on any atom is 0.293 e. The second-order valence-corrected chi connectivity index (χ2v) is 8.38. The van der Waals surface area contributed by atoms with Gasteiger partial charge in [-0.05, 0) is 53.2 Å². The Hall–Kier alpha value is -3.15. The van der Waals surface area contributed by atoms with Crippen molar-refractivity contribution in [2.75, 3.05) is 0 Å². The van der Waals surface area contributed by atoms with Gasteiger partial charge >= 0.3 is 0 Å². The fourth-order valence-corrected chi connectivity index (χ4v) is 4.51. The first kappa shape index (κ1) is 18.9. The van der Waals surface area contributed by atoms with Gasteiger partial charge in [0.2, 0.25) is 0 Å². The normalized spacial score (nSPS) is 15.6. The number of nitrogens with zero attached hydrogens (tertiary/aromatic N) is 2. The fraction of sp³-hybridized carbons (Fsp3) is 0.0417. The number of aromatic nitrogens is 1. The Balaban J connectivity index is 1.58. The highest BCUT2D eigenvalue weighted by Gasteiger charge is 2.35. The largest absolute Gasteiger partial charge is 0.293 e. The van der Waals surface area contributed by atoms with Crippen molar-refractivity contribution in [1.29, 1.82) is 0 Å². The van der Waals surface area contributed by atoms with E-state index < -0.39 is 0 Å². The molecule has 1 fully saturated rings. The molecule has 2 amide bonds. The molecule has 4 aromatic rings. The molecule has 146 valence electrons. The van der Waals surface area contributed by atoms with Crippen LogP contribution in [-0.2, 0) is 11.3 Å². The van der Waals surface area contributed by atoms with Gasteiger partial charge in [-0.2, -0.15) is 0 Å². The molecule has 1 aliphatic heterocycles. The van der Waals surface area contributed by atoms with Crippen molar-refractivity contribution in [3.63, 3.8) is 0 Å². The molecule has 0 N–H and O–H groups in total.